The van der Waals surface area contributed by atoms with Gasteiger partial charge in [-0.15, -0.1) is 23.5 Å². The van der Waals surface area contributed by atoms with Gasteiger partial charge in [0, 0.05) is 0 Å². The second kappa shape index (κ2) is 24.6. The summed E-state index contributed by atoms with van der Waals surface area (Å²) < 4.78 is 9.48. The Kier molecular flexibility index (Phi) is 23.3. The Morgan fingerprint density at radius 3 is 1.97 bits per heavy atom. The second-order valence-corrected chi connectivity index (χ2v) is 7.26. The van der Waals surface area contributed by atoms with Gasteiger partial charge in [-0.05, 0) is 0 Å². The number of nitrogens with zero attached hydrogens (tertiary/aromatic N) is 2. The summed E-state index contributed by atoms with van der Waals surface area (Å²) in [5.74, 6) is 1.44. The van der Waals surface area contributed by atoms with Gasteiger partial charge in [0.05, 0.1) is 36.7 Å². The molecule has 4 N–H and O–H groups in total. The fourth-order valence-electron chi connectivity index (χ4n) is 1.12. The van der Waals surface area contributed by atoms with Gasteiger partial charge in [-0.1, -0.05) is 11.8 Å². The molecule has 0 aromatic rings. The Morgan fingerprint density at radius 1 is 0.774 bits per heavy atom. The molecule has 0 atom stereocenters. The first-order valence-electron chi connectivity index (χ1n) is 8.50. The molecule has 0 fully saturated rings. The molecule has 0 aliphatic carbocycles. The molecule has 0 spiro atoms. The third kappa shape index (κ3) is 24.5. The van der Waals surface area contributed by atoms with Crippen LogP contribution in [0.25, 0.3) is 0 Å². The quantitative estimate of drug-likeness (QED) is 0.0443. The summed E-state index contributed by atoms with van der Waals surface area (Å²) in [6.45, 7) is -0.368. The second-order valence-electron chi connectivity index (χ2n) is 4.47. The van der Waals surface area contributed by atoms with Gasteiger partial charge < -0.3 is 40.1 Å². The lowest BCUT2D eigenvalue weighted by atomic mass is 10.8. The fraction of sp³-hybridized carbons (Fsp3) is 0.714. The van der Waals surface area contributed by atoms with Gasteiger partial charge in [0.15, 0.2) is 0 Å². The van der Waals surface area contributed by atoms with Crippen LogP contribution < -0.4 is 10.6 Å². The summed E-state index contributed by atoms with van der Waals surface area (Å²) in [6, 6.07) is 0. The molecular weight excluding hydrogens is 480 g/mol. The van der Waals surface area contributed by atoms with Gasteiger partial charge in [0.2, 0.25) is 12.8 Å². The third-order valence-electron chi connectivity index (χ3n) is 2.24. The molecule has 0 aliphatic rings. The summed E-state index contributed by atoms with van der Waals surface area (Å²) in [6.07, 6.45) is 1.01. The molecule has 0 saturated heterocycles. The van der Waals surface area contributed by atoms with Crippen LogP contribution in [0.5, 0.6) is 0 Å². The predicted molar refractivity (Wildman–Crippen MR) is 116 cm³/mol. The molecule has 0 radical (unpaired) electrons. The van der Waals surface area contributed by atoms with Crippen molar-refractivity contribution in [2.75, 3.05) is 61.8 Å². The van der Waals surface area contributed by atoms with E-state index in [2.05, 4.69) is 40.0 Å². The highest BCUT2D eigenvalue weighted by Gasteiger charge is 2.01. The van der Waals surface area contributed by atoms with Crippen LogP contribution in [0.1, 0.15) is 0 Å². The van der Waals surface area contributed by atoms with Gasteiger partial charge in [0.1, 0.15) is 25.1 Å². The van der Waals surface area contributed by atoms with Crippen molar-refractivity contribution >= 4 is 60.3 Å². The number of alkyl carbamates (subject to hydrolysis) is 2. The van der Waals surface area contributed by atoms with Crippen molar-refractivity contribution in [1.82, 2.24) is 10.6 Å². The highest BCUT2D eigenvalue weighted by atomic mass is 32.2. The van der Waals surface area contributed by atoms with E-state index >= 15 is 0 Å². The topological polar surface area (TPSA) is 179 Å². The highest BCUT2D eigenvalue weighted by Crippen LogP contribution is 2.02. The van der Waals surface area contributed by atoms with E-state index in [9.17, 15) is 9.59 Å². The summed E-state index contributed by atoms with van der Waals surface area (Å²) in [5, 5.41) is 21.9. The standard InChI is InChI=1S/C14H26N4O10S3/c19-1-3-23-13(21)17-9-29-8-16-6-27-28-12-31-11-24-14(22)18-10-30-7-15-5-26-25-4-2-20/h5-6,19-20H,1-4,7-12H2,(H,17,21)(H,18,22)/b15-5+,16-6+. The van der Waals surface area contributed by atoms with Gasteiger partial charge in [-0.25, -0.2) is 19.6 Å². The highest BCUT2D eigenvalue weighted by molar-refractivity contribution is 7.99. The monoisotopic (exact) mass is 506 g/mol. The van der Waals surface area contributed by atoms with E-state index in [1.807, 2.05) is 0 Å². The molecule has 2 amide bonds. The Labute approximate surface area is 191 Å². The third-order valence-corrected chi connectivity index (χ3v) is 4.15. The maximum atomic E-state index is 11.4. The molecule has 0 rings (SSSR count). The SMILES string of the molecule is O=C(NCSC/N=C/OOCSCOC(=O)NCSC/N=C/OOCCO)OCCO. The number of carbonyl (C=O) groups is 2. The number of hydrogen-bond acceptors (Lipinski definition) is 15. The molecule has 14 nitrogen and oxygen atoms in total. The van der Waals surface area contributed by atoms with Gasteiger partial charge in [0.25, 0.3) is 0 Å². The first-order chi connectivity index (χ1) is 15.2. The molecule has 0 heterocycles. The summed E-state index contributed by atoms with van der Waals surface area (Å²) in [4.78, 5) is 48.6. The van der Waals surface area contributed by atoms with E-state index < -0.39 is 12.2 Å². The fourth-order valence-corrected chi connectivity index (χ4v) is 2.45. The number of aliphatic hydroxyl groups is 2. The van der Waals surface area contributed by atoms with E-state index in [0.29, 0.717) is 17.6 Å². The average molecular weight is 507 g/mol. The summed E-state index contributed by atoms with van der Waals surface area (Å²) in [7, 11) is 0. The molecule has 0 bridgehead atoms. The van der Waals surface area contributed by atoms with Crippen molar-refractivity contribution in [3.63, 3.8) is 0 Å². The number of aliphatic imine (C=N–C) groups is 2. The van der Waals surface area contributed by atoms with Crippen LogP contribution >= 0.6 is 35.3 Å². The molecular formula is C14H26N4O10S3. The Hall–Kier alpha value is -1.63. The smallest absolute Gasteiger partial charge is 0.408 e. The predicted octanol–water partition coefficient (Wildman–Crippen LogP) is 0.321. The van der Waals surface area contributed by atoms with Crippen LogP contribution in [0.4, 0.5) is 9.59 Å². The minimum atomic E-state index is -0.613. The molecule has 180 valence electrons. The van der Waals surface area contributed by atoms with E-state index in [-0.39, 0.29) is 44.2 Å². The maximum Gasteiger partial charge on any atom is 0.408 e. The summed E-state index contributed by atoms with van der Waals surface area (Å²) >= 11 is 3.77. The maximum absolute atomic E-state index is 11.4. The summed E-state index contributed by atoms with van der Waals surface area (Å²) in [5.41, 5.74) is 0. The number of rotatable bonds is 20. The van der Waals surface area contributed by atoms with Crippen LogP contribution in [0.2, 0.25) is 0 Å². The molecule has 0 aliphatic heterocycles. The number of carbonyl (C=O) groups excluding carboxylic acids is 2. The van der Waals surface area contributed by atoms with Crippen molar-refractivity contribution in [2.24, 2.45) is 9.98 Å². The molecule has 0 unspecified atom stereocenters. The molecule has 0 aromatic carbocycles. The van der Waals surface area contributed by atoms with E-state index in [1.165, 1.54) is 35.3 Å². The number of ether oxygens (including phenoxy) is 2. The van der Waals surface area contributed by atoms with Crippen LogP contribution in [-0.2, 0) is 29.0 Å². The molecule has 31 heavy (non-hydrogen) atoms. The number of amides is 2. The van der Waals surface area contributed by atoms with Crippen molar-refractivity contribution in [3.05, 3.63) is 0 Å². The van der Waals surface area contributed by atoms with Crippen LogP contribution in [0.3, 0.4) is 0 Å². The largest absolute Gasteiger partial charge is 0.447 e. The Balaban J connectivity index is 3.32. The first kappa shape index (κ1) is 29.4. The lowest BCUT2D eigenvalue weighted by Gasteiger charge is -2.05. The molecule has 17 heteroatoms. The van der Waals surface area contributed by atoms with Crippen molar-refractivity contribution in [1.29, 1.82) is 0 Å². The van der Waals surface area contributed by atoms with E-state index in [1.54, 1.807) is 0 Å². The van der Waals surface area contributed by atoms with Crippen LogP contribution in [-0.4, -0.2) is 97.0 Å². The number of aliphatic hydroxyl groups excluding tert-OH is 2. The zero-order valence-corrected chi connectivity index (χ0v) is 19.0. The van der Waals surface area contributed by atoms with E-state index in [0.717, 1.165) is 12.8 Å². The van der Waals surface area contributed by atoms with Gasteiger partial charge in [-0.2, -0.15) is 9.78 Å². The minimum absolute atomic E-state index is 0.0530. The Morgan fingerprint density at radius 2 is 1.35 bits per heavy atom. The Bertz CT molecular complexity index is 505. The zero-order chi connectivity index (χ0) is 22.8. The zero-order valence-electron chi connectivity index (χ0n) is 16.5. The van der Waals surface area contributed by atoms with Crippen molar-refractivity contribution in [3.8, 4) is 0 Å². The number of thioether (sulfide) groups is 3. The van der Waals surface area contributed by atoms with Crippen LogP contribution in [0, 0.1) is 0 Å². The lowest BCUT2D eigenvalue weighted by Crippen LogP contribution is -2.24. The van der Waals surface area contributed by atoms with Crippen molar-refractivity contribution in [2.45, 2.75) is 0 Å². The van der Waals surface area contributed by atoms with Crippen LogP contribution in [0.15, 0.2) is 9.98 Å². The normalized spacial score (nSPS) is 10.9. The van der Waals surface area contributed by atoms with Gasteiger partial charge >= 0.3 is 12.2 Å². The minimum Gasteiger partial charge on any atom is -0.447 e. The molecule has 0 aromatic heterocycles. The van der Waals surface area contributed by atoms with Crippen molar-refractivity contribution < 1.29 is 48.8 Å². The molecule has 0 saturated carbocycles. The number of hydrogen-bond donors (Lipinski definition) is 4. The number of nitrogens with one attached hydrogen (secondary N) is 2. The lowest BCUT2D eigenvalue weighted by molar-refractivity contribution is -0.221. The average Bonchev–Trinajstić information content (AvgIpc) is 2.77. The van der Waals surface area contributed by atoms with E-state index in [4.69, 9.17) is 19.8 Å². The van der Waals surface area contributed by atoms with Gasteiger partial charge in [-0.3, -0.25) is 0 Å². The first-order valence-corrected chi connectivity index (χ1v) is 12.0.